The van der Waals surface area contributed by atoms with Gasteiger partial charge in [0.05, 0.1) is 4.92 Å². The second kappa shape index (κ2) is 8.13. The van der Waals surface area contributed by atoms with Crippen LogP contribution < -0.4 is 0 Å². The van der Waals surface area contributed by atoms with Crippen LogP contribution in [0.5, 0.6) is 0 Å². The van der Waals surface area contributed by atoms with E-state index in [1.54, 1.807) is 12.1 Å². The Morgan fingerprint density at radius 2 is 1.76 bits per heavy atom. The number of thioether (sulfide) groups is 1. The van der Waals surface area contributed by atoms with Crippen LogP contribution in [0, 0.1) is 24.0 Å². The van der Waals surface area contributed by atoms with E-state index >= 15 is 0 Å². The molecule has 0 saturated heterocycles. The lowest BCUT2D eigenvalue weighted by atomic mass is 10.1. The van der Waals surface area contributed by atoms with Gasteiger partial charge in [0.15, 0.2) is 0 Å². The van der Waals surface area contributed by atoms with Crippen molar-refractivity contribution in [1.82, 2.24) is 4.57 Å². The minimum absolute atomic E-state index is 0.121. The van der Waals surface area contributed by atoms with Crippen molar-refractivity contribution in [3.63, 3.8) is 0 Å². The molecule has 0 fully saturated rings. The van der Waals surface area contributed by atoms with E-state index < -0.39 is 0 Å². The summed E-state index contributed by atoms with van der Waals surface area (Å²) < 4.78 is 2.22. The van der Waals surface area contributed by atoms with E-state index in [1.165, 1.54) is 32.5 Å². The fourth-order valence-electron chi connectivity index (χ4n) is 3.49. The number of hydrogen-bond donors (Lipinski definition) is 0. The van der Waals surface area contributed by atoms with Gasteiger partial charge in [0.2, 0.25) is 0 Å². The zero-order valence-corrected chi connectivity index (χ0v) is 17.3. The summed E-state index contributed by atoms with van der Waals surface area (Å²) in [5.41, 5.74) is 6.30. The molecule has 4 rings (SSSR count). The van der Waals surface area contributed by atoms with Gasteiger partial charge in [-0.05, 0) is 36.6 Å². The summed E-state index contributed by atoms with van der Waals surface area (Å²) in [6.07, 6.45) is 2.20. The summed E-state index contributed by atoms with van der Waals surface area (Å²) in [6.45, 7) is 4.97. The first-order chi connectivity index (χ1) is 14.0. The highest BCUT2D eigenvalue weighted by Crippen LogP contribution is 2.33. The average molecular weight is 403 g/mol. The van der Waals surface area contributed by atoms with Gasteiger partial charge in [-0.3, -0.25) is 10.1 Å². The zero-order valence-electron chi connectivity index (χ0n) is 16.5. The van der Waals surface area contributed by atoms with E-state index in [-0.39, 0.29) is 10.6 Å². The molecule has 0 bridgehead atoms. The lowest BCUT2D eigenvalue weighted by Crippen LogP contribution is -1.98. The Balaban J connectivity index is 1.61. The number of aromatic nitrogens is 1. The van der Waals surface area contributed by atoms with Crippen molar-refractivity contribution in [2.24, 2.45) is 0 Å². The number of benzene rings is 3. The topological polar surface area (TPSA) is 48.1 Å². The van der Waals surface area contributed by atoms with E-state index in [0.717, 1.165) is 11.3 Å². The molecule has 0 radical (unpaired) electrons. The summed E-state index contributed by atoms with van der Waals surface area (Å²) in [6, 6.07) is 21.8. The van der Waals surface area contributed by atoms with Crippen LogP contribution in [-0.4, -0.2) is 9.49 Å². The van der Waals surface area contributed by atoms with Crippen molar-refractivity contribution in [3.8, 4) is 0 Å². The minimum Gasteiger partial charge on any atom is -0.342 e. The van der Waals surface area contributed by atoms with Gasteiger partial charge in [0.1, 0.15) is 0 Å². The van der Waals surface area contributed by atoms with E-state index in [0.29, 0.717) is 6.54 Å². The molecule has 1 heterocycles. The third-order valence-electron chi connectivity index (χ3n) is 5.14. The van der Waals surface area contributed by atoms with E-state index in [9.17, 15) is 10.1 Å². The highest BCUT2D eigenvalue weighted by atomic mass is 32.2. The van der Waals surface area contributed by atoms with Crippen molar-refractivity contribution in [2.75, 3.05) is 0 Å². The smallest absolute Gasteiger partial charge is 0.269 e. The van der Waals surface area contributed by atoms with Crippen LogP contribution in [0.2, 0.25) is 0 Å². The van der Waals surface area contributed by atoms with Gasteiger partial charge in [-0.15, -0.1) is 11.8 Å². The van der Waals surface area contributed by atoms with Crippen molar-refractivity contribution in [2.45, 2.75) is 31.0 Å². The van der Waals surface area contributed by atoms with Gasteiger partial charge >= 0.3 is 0 Å². The number of fused-ring (bicyclic) bond motifs is 1. The molecular weight excluding hydrogens is 380 g/mol. The molecule has 0 aliphatic rings. The normalized spacial score (nSPS) is 11.1. The lowest BCUT2D eigenvalue weighted by molar-refractivity contribution is -0.384. The molecule has 0 amide bonds. The maximum Gasteiger partial charge on any atom is 0.269 e. The average Bonchev–Trinajstić information content (AvgIpc) is 3.07. The first kappa shape index (κ1) is 19.3. The summed E-state index contributed by atoms with van der Waals surface area (Å²) in [7, 11) is 0. The predicted molar refractivity (Wildman–Crippen MR) is 120 cm³/mol. The second-order valence-corrected chi connectivity index (χ2v) is 8.30. The zero-order chi connectivity index (χ0) is 20.4. The molecule has 0 unspecified atom stereocenters. The fraction of sp³-hybridized carbons (Fsp3) is 0.167. The number of nitrogens with zero attached hydrogens (tertiary/aromatic N) is 2. The van der Waals surface area contributed by atoms with Crippen LogP contribution >= 0.6 is 11.8 Å². The Hall–Kier alpha value is -3.05. The molecule has 4 nitrogen and oxygen atoms in total. The van der Waals surface area contributed by atoms with Gasteiger partial charge in [-0.25, -0.2) is 0 Å². The Bertz CT molecular complexity index is 1180. The van der Waals surface area contributed by atoms with Gasteiger partial charge in [-0.1, -0.05) is 54.1 Å². The molecule has 0 aliphatic heterocycles. The third-order valence-corrected chi connectivity index (χ3v) is 6.23. The first-order valence-corrected chi connectivity index (χ1v) is 10.5. The quantitative estimate of drug-likeness (QED) is 0.210. The Morgan fingerprint density at radius 3 is 2.52 bits per heavy atom. The molecule has 1 aromatic heterocycles. The van der Waals surface area contributed by atoms with Gasteiger partial charge in [0, 0.05) is 46.4 Å². The number of non-ortho nitro benzene ring substituents is 1. The Labute approximate surface area is 174 Å². The Morgan fingerprint density at radius 1 is 1.00 bits per heavy atom. The van der Waals surface area contributed by atoms with E-state index in [1.807, 2.05) is 30.0 Å². The molecule has 0 spiro atoms. The van der Waals surface area contributed by atoms with Crippen LogP contribution in [0.3, 0.4) is 0 Å². The molecule has 0 atom stereocenters. The molecule has 5 heteroatoms. The van der Waals surface area contributed by atoms with Crippen LogP contribution in [-0.2, 0) is 12.3 Å². The second-order valence-electron chi connectivity index (χ2n) is 7.28. The highest BCUT2D eigenvalue weighted by Gasteiger charge is 2.11. The standard InChI is InChI=1S/C24H22N2O2S/c1-17-7-8-18(2)20(13-17)16-29-24-15-25(23-6-4-3-5-22(23)24)14-19-9-11-21(12-10-19)26(27)28/h3-13,15H,14,16H2,1-2H3. The van der Waals surface area contributed by atoms with E-state index in [2.05, 4.69) is 61.0 Å². The van der Waals surface area contributed by atoms with Crippen molar-refractivity contribution < 1.29 is 4.92 Å². The van der Waals surface area contributed by atoms with Crippen LogP contribution in [0.1, 0.15) is 22.3 Å². The summed E-state index contributed by atoms with van der Waals surface area (Å²) in [5, 5.41) is 12.1. The molecule has 0 N–H and O–H groups in total. The van der Waals surface area contributed by atoms with Gasteiger partial charge in [-0.2, -0.15) is 0 Å². The van der Waals surface area contributed by atoms with Crippen molar-refractivity contribution in [1.29, 1.82) is 0 Å². The highest BCUT2D eigenvalue weighted by molar-refractivity contribution is 7.98. The predicted octanol–water partition coefficient (Wildman–Crippen LogP) is 6.51. The first-order valence-electron chi connectivity index (χ1n) is 9.51. The summed E-state index contributed by atoms with van der Waals surface area (Å²) in [4.78, 5) is 11.8. The Kier molecular flexibility index (Phi) is 5.41. The fourth-order valence-corrected chi connectivity index (χ4v) is 4.64. The van der Waals surface area contributed by atoms with Crippen molar-refractivity contribution >= 4 is 28.4 Å². The molecule has 4 aromatic rings. The maximum absolute atomic E-state index is 10.9. The van der Waals surface area contributed by atoms with Crippen LogP contribution in [0.25, 0.3) is 10.9 Å². The number of rotatable bonds is 6. The summed E-state index contributed by atoms with van der Waals surface area (Å²) in [5.74, 6) is 0.930. The van der Waals surface area contributed by atoms with Crippen molar-refractivity contribution in [3.05, 3.63) is 105 Å². The number of nitro groups is 1. The molecule has 0 aliphatic carbocycles. The van der Waals surface area contributed by atoms with Crippen LogP contribution in [0.15, 0.2) is 77.8 Å². The molecule has 29 heavy (non-hydrogen) atoms. The van der Waals surface area contributed by atoms with Gasteiger partial charge < -0.3 is 4.57 Å². The molecule has 3 aromatic carbocycles. The number of aryl methyl sites for hydroxylation is 2. The number of hydrogen-bond acceptors (Lipinski definition) is 3. The number of nitro benzene ring substituents is 1. The molecule has 146 valence electrons. The largest absolute Gasteiger partial charge is 0.342 e. The summed E-state index contributed by atoms with van der Waals surface area (Å²) >= 11 is 1.85. The van der Waals surface area contributed by atoms with Crippen LogP contribution in [0.4, 0.5) is 5.69 Å². The lowest BCUT2D eigenvalue weighted by Gasteiger charge is -2.06. The number of para-hydroxylation sites is 1. The molecular formula is C24H22N2O2S. The van der Waals surface area contributed by atoms with Gasteiger partial charge in [0.25, 0.3) is 5.69 Å². The third kappa shape index (κ3) is 4.20. The SMILES string of the molecule is Cc1ccc(C)c(CSc2cn(Cc3ccc([N+](=O)[O-])cc3)c3ccccc23)c1. The van der Waals surface area contributed by atoms with E-state index in [4.69, 9.17) is 0 Å². The molecule has 0 saturated carbocycles. The monoisotopic (exact) mass is 402 g/mol. The minimum atomic E-state index is -0.364. The maximum atomic E-state index is 10.9.